The van der Waals surface area contributed by atoms with E-state index in [1.165, 1.54) is 0 Å². The van der Waals surface area contributed by atoms with Crippen LogP contribution in [0.25, 0.3) is 0 Å². The highest BCUT2D eigenvalue weighted by atomic mass is 127. The second kappa shape index (κ2) is 11.1. The number of ether oxygens (including phenoxy) is 2. The van der Waals surface area contributed by atoms with Crippen LogP contribution in [-0.2, 0) is 19.2 Å². The molecule has 0 radical (unpaired) electrons. The van der Waals surface area contributed by atoms with Gasteiger partial charge in [0.15, 0.2) is 17.5 Å². The van der Waals surface area contributed by atoms with Crippen molar-refractivity contribution < 1.29 is 14.6 Å². The van der Waals surface area contributed by atoms with E-state index in [2.05, 4.69) is 20.7 Å². The summed E-state index contributed by atoms with van der Waals surface area (Å²) in [6.45, 7) is 6.31. The molecule has 2 heterocycles. The first-order valence-corrected chi connectivity index (χ1v) is 10.1. The van der Waals surface area contributed by atoms with Gasteiger partial charge in [0.05, 0.1) is 37.5 Å². The highest BCUT2D eigenvalue weighted by Gasteiger charge is 2.25. The summed E-state index contributed by atoms with van der Waals surface area (Å²) < 4.78 is 13.1. The van der Waals surface area contributed by atoms with E-state index >= 15 is 0 Å². The molecule has 0 saturated heterocycles. The largest absolute Gasteiger partial charge is 0.489 e. The summed E-state index contributed by atoms with van der Waals surface area (Å²) >= 11 is 6.36. The van der Waals surface area contributed by atoms with Crippen LogP contribution in [0.2, 0.25) is 5.02 Å². The van der Waals surface area contributed by atoms with Gasteiger partial charge < -0.3 is 25.2 Å². The molecular formula is C20H29ClIN5O3. The molecule has 0 fully saturated rings. The predicted octanol–water partition coefficient (Wildman–Crippen LogP) is 2.82. The molecular weight excluding hydrogens is 521 g/mol. The number of nitrogens with one attached hydrogen (secondary N) is 2. The normalized spacial score (nSPS) is 15.6. The summed E-state index contributed by atoms with van der Waals surface area (Å²) in [6.07, 6.45) is 4.28. The predicted molar refractivity (Wildman–Crippen MR) is 128 cm³/mol. The summed E-state index contributed by atoms with van der Waals surface area (Å²) in [5.74, 6) is 1.84. The topological polar surface area (TPSA) is 92.9 Å². The highest BCUT2D eigenvalue weighted by molar-refractivity contribution is 14.0. The Labute approximate surface area is 199 Å². The van der Waals surface area contributed by atoms with Crippen LogP contribution in [0.1, 0.15) is 31.4 Å². The van der Waals surface area contributed by atoms with Crippen LogP contribution in [0, 0.1) is 0 Å². The molecule has 1 atom stereocenters. The molecule has 1 aliphatic rings. The Kier molecular flexibility index (Phi) is 9.05. The smallest absolute Gasteiger partial charge is 0.191 e. The van der Waals surface area contributed by atoms with E-state index in [1.807, 2.05) is 26.1 Å². The number of aliphatic imine (C=N–C) groups is 1. The van der Waals surface area contributed by atoms with Crippen molar-refractivity contribution >= 4 is 41.5 Å². The lowest BCUT2D eigenvalue weighted by molar-refractivity contribution is 0.0616. The molecule has 8 nitrogen and oxygen atoms in total. The zero-order chi connectivity index (χ0) is 20.9. The molecule has 1 aromatic heterocycles. The molecule has 3 N–H and O–H groups in total. The van der Waals surface area contributed by atoms with E-state index in [0.29, 0.717) is 48.8 Å². The van der Waals surface area contributed by atoms with Gasteiger partial charge in [-0.05, 0) is 31.5 Å². The number of hydrogen-bond donors (Lipinski definition) is 3. The Balaban J connectivity index is 0.00000320. The van der Waals surface area contributed by atoms with Gasteiger partial charge in [-0.2, -0.15) is 5.10 Å². The number of fused-ring (bicyclic) bond motifs is 1. The number of rotatable bonds is 6. The third-order valence-corrected chi connectivity index (χ3v) is 4.83. The minimum Gasteiger partial charge on any atom is -0.489 e. The van der Waals surface area contributed by atoms with Crippen molar-refractivity contribution in [2.45, 2.75) is 32.4 Å². The molecule has 0 amide bonds. The lowest BCUT2D eigenvalue weighted by Crippen LogP contribution is -2.44. The molecule has 1 unspecified atom stereocenters. The van der Waals surface area contributed by atoms with Crippen LogP contribution in [0.3, 0.4) is 0 Å². The maximum atomic E-state index is 10.8. The summed E-state index contributed by atoms with van der Waals surface area (Å²) in [6, 6.07) is 3.75. The molecule has 1 aromatic carbocycles. The molecule has 0 bridgehead atoms. The number of aliphatic hydroxyl groups is 1. The number of aryl methyl sites for hydroxylation is 1. The minimum absolute atomic E-state index is 0. The maximum absolute atomic E-state index is 10.8. The zero-order valence-corrected chi connectivity index (χ0v) is 20.5. The van der Waals surface area contributed by atoms with Gasteiger partial charge in [-0.1, -0.05) is 11.6 Å². The Morgan fingerprint density at radius 3 is 2.80 bits per heavy atom. The first-order valence-electron chi connectivity index (χ1n) is 9.71. The second-order valence-corrected chi connectivity index (χ2v) is 7.59. The summed E-state index contributed by atoms with van der Waals surface area (Å²) in [5.41, 5.74) is 0.566. The number of aromatic nitrogens is 2. The fourth-order valence-electron chi connectivity index (χ4n) is 2.94. The average molecular weight is 550 g/mol. The van der Waals surface area contributed by atoms with E-state index in [-0.39, 0.29) is 30.5 Å². The molecule has 0 aliphatic carbocycles. The van der Waals surface area contributed by atoms with Crippen molar-refractivity contribution in [3.63, 3.8) is 0 Å². The minimum atomic E-state index is -1.08. The SMILES string of the molecule is CCNC(=NCc1cc(Cl)c2c(c1)OCCCO2)NCC(C)(O)c1cnn(C)c1.I. The van der Waals surface area contributed by atoms with E-state index in [4.69, 9.17) is 21.1 Å². The number of nitrogens with zero attached hydrogens (tertiary/aromatic N) is 3. The van der Waals surface area contributed by atoms with Gasteiger partial charge in [-0.15, -0.1) is 24.0 Å². The summed E-state index contributed by atoms with van der Waals surface area (Å²) in [4.78, 5) is 4.61. The van der Waals surface area contributed by atoms with Gasteiger partial charge in [-0.3, -0.25) is 4.68 Å². The fourth-order valence-corrected chi connectivity index (χ4v) is 3.23. The molecule has 0 spiro atoms. The first kappa shape index (κ1) is 24.5. The van der Waals surface area contributed by atoms with Crippen LogP contribution in [0.4, 0.5) is 0 Å². The first-order chi connectivity index (χ1) is 13.9. The number of hydrogen-bond acceptors (Lipinski definition) is 5. The van der Waals surface area contributed by atoms with E-state index in [9.17, 15) is 5.11 Å². The molecule has 2 aromatic rings. The van der Waals surface area contributed by atoms with Crippen LogP contribution in [0.15, 0.2) is 29.5 Å². The van der Waals surface area contributed by atoms with Crippen molar-refractivity contribution in [2.75, 3.05) is 26.3 Å². The number of benzene rings is 1. The third kappa shape index (κ3) is 6.39. The van der Waals surface area contributed by atoms with Gasteiger partial charge in [0.25, 0.3) is 0 Å². The average Bonchev–Trinajstić information content (AvgIpc) is 2.98. The van der Waals surface area contributed by atoms with Gasteiger partial charge in [0.2, 0.25) is 0 Å². The third-order valence-electron chi connectivity index (χ3n) is 4.55. The quantitative estimate of drug-likeness (QED) is 0.292. The van der Waals surface area contributed by atoms with Crippen LogP contribution >= 0.6 is 35.6 Å². The fraction of sp³-hybridized carbons (Fsp3) is 0.500. The van der Waals surface area contributed by atoms with E-state index in [0.717, 1.165) is 17.5 Å². The van der Waals surface area contributed by atoms with Crippen molar-refractivity contribution in [1.29, 1.82) is 0 Å². The second-order valence-electron chi connectivity index (χ2n) is 7.18. The molecule has 3 rings (SSSR count). The Morgan fingerprint density at radius 1 is 1.33 bits per heavy atom. The monoisotopic (exact) mass is 549 g/mol. The van der Waals surface area contributed by atoms with Gasteiger partial charge in [-0.25, -0.2) is 4.99 Å². The van der Waals surface area contributed by atoms with Crippen LogP contribution in [0.5, 0.6) is 11.5 Å². The van der Waals surface area contributed by atoms with Gasteiger partial charge in [0.1, 0.15) is 5.60 Å². The van der Waals surface area contributed by atoms with Gasteiger partial charge in [0, 0.05) is 31.8 Å². The molecule has 10 heteroatoms. The lowest BCUT2D eigenvalue weighted by Gasteiger charge is -2.23. The van der Waals surface area contributed by atoms with Crippen molar-refractivity contribution in [1.82, 2.24) is 20.4 Å². The molecule has 30 heavy (non-hydrogen) atoms. The van der Waals surface area contributed by atoms with Gasteiger partial charge >= 0.3 is 0 Å². The molecule has 1 aliphatic heterocycles. The zero-order valence-electron chi connectivity index (χ0n) is 17.4. The Morgan fingerprint density at radius 2 is 2.10 bits per heavy atom. The lowest BCUT2D eigenvalue weighted by atomic mass is 10.00. The summed E-state index contributed by atoms with van der Waals surface area (Å²) in [7, 11) is 1.82. The van der Waals surface area contributed by atoms with E-state index in [1.54, 1.807) is 24.0 Å². The standard InChI is InChI=1S/C20H28ClN5O3.HI/c1-4-22-19(24-13-20(2,27)15-11-25-26(3)12-15)23-10-14-8-16(21)18-17(9-14)28-6-5-7-29-18;/h8-9,11-12,27H,4-7,10,13H2,1-3H3,(H2,22,23,24);1H. The van der Waals surface area contributed by atoms with E-state index < -0.39 is 5.60 Å². The van der Waals surface area contributed by atoms with Crippen molar-refractivity contribution in [3.8, 4) is 11.5 Å². The Hall–Kier alpha value is -1.72. The van der Waals surface area contributed by atoms with Crippen LogP contribution in [-0.4, -0.2) is 47.1 Å². The number of guanidine groups is 1. The number of halogens is 2. The molecule has 0 saturated carbocycles. The van der Waals surface area contributed by atoms with Crippen molar-refractivity contribution in [3.05, 3.63) is 40.7 Å². The summed E-state index contributed by atoms with van der Waals surface area (Å²) in [5, 5.41) is 21.8. The Bertz CT molecular complexity index is 872. The molecule has 166 valence electrons. The highest BCUT2D eigenvalue weighted by Crippen LogP contribution is 2.38. The van der Waals surface area contributed by atoms with Crippen LogP contribution < -0.4 is 20.1 Å². The van der Waals surface area contributed by atoms with Crippen molar-refractivity contribution in [2.24, 2.45) is 12.0 Å². The maximum Gasteiger partial charge on any atom is 0.191 e.